The Morgan fingerprint density at radius 3 is 2.71 bits per heavy atom. The molecular formula is C18H32O3. The van der Waals surface area contributed by atoms with Crippen molar-refractivity contribution in [3.63, 3.8) is 0 Å². The highest BCUT2D eigenvalue weighted by molar-refractivity contribution is 5.05. The van der Waals surface area contributed by atoms with Gasteiger partial charge in [-0.3, -0.25) is 0 Å². The molecule has 0 fully saturated rings. The summed E-state index contributed by atoms with van der Waals surface area (Å²) in [4.78, 5) is 0. The van der Waals surface area contributed by atoms with Crippen LogP contribution in [0.2, 0.25) is 0 Å². The summed E-state index contributed by atoms with van der Waals surface area (Å²) < 4.78 is 5.40. The van der Waals surface area contributed by atoms with Gasteiger partial charge in [-0.15, -0.1) is 0 Å². The van der Waals surface area contributed by atoms with E-state index in [0.29, 0.717) is 5.92 Å². The van der Waals surface area contributed by atoms with E-state index in [1.165, 1.54) is 5.57 Å². The van der Waals surface area contributed by atoms with E-state index >= 15 is 0 Å². The van der Waals surface area contributed by atoms with E-state index < -0.39 is 6.10 Å². The SMILES string of the molecule is CO[C@H]1/C=C/CCCCC(CO)CC/C(C)=C\[C@@H](C)[C@@H]1O. The van der Waals surface area contributed by atoms with Crippen molar-refractivity contribution in [3.8, 4) is 0 Å². The maximum absolute atomic E-state index is 10.4. The Morgan fingerprint density at radius 1 is 1.29 bits per heavy atom. The summed E-state index contributed by atoms with van der Waals surface area (Å²) in [5.41, 5.74) is 1.29. The Labute approximate surface area is 129 Å². The molecule has 0 amide bonds. The minimum absolute atomic E-state index is 0.0649. The third kappa shape index (κ3) is 6.77. The molecule has 0 bridgehead atoms. The molecule has 0 spiro atoms. The molecule has 3 nitrogen and oxygen atoms in total. The second-order valence-electron chi connectivity index (χ2n) is 6.36. The number of methoxy groups -OCH3 is 1. The van der Waals surface area contributed by atoms with E-state index in [2.05, 4.69) is 19.1 Å². The molecule has 21 heavy (non-hydrogen) atoms. The Morgan fingerprint density at radius 2 is 2.05 bits per heavy atom. The van der Waals surface area contributed by atoms with Crippen LogP contribution in [0.15, 0.2) is 23.8 Å². The van der Waals surface area contributed by atoms with Gasteiger partial charge in [0.15, 0.2) is 0 Å². The number of aliphatic hydroxyl groups excluding tert-OH is 2. The fraction of sp³-hybridized carbons (Fsp3) is 0.778. The standard InChI is InChI=1S/C18H32O3/c1-14-10-11-16(13-19)8-6-4-5-7-9-17(21-3)18(20)15(2)12-14/h7,9,12,15-20H,4-6,8,10-11,13H2,1-3H3/b9-7+,14-12-/t15-,16?,17+,18+/m1/s1. The van der Waals surface area contributed by atoms with Crippen molar-refractivity contribution < 1.29 is 14.9 Å². The second-order valence-corrected chi connectivity index (χ2v) is 6.36. The van der Waals surface area contributed by atoms with Crippen molar-refractivity contribution in [2.45, 2.75) is 64.6 Å². The van der Waals surface area contributed by atoms with Crippen LogP contribution >= 0.6 is 0 Å². The molecule has 0 heterocycles. The summed E-state index contributed by atoms with van der Waals surface area (Å²) in [6.07, 6.45) is 11.9. The molecule has 0 saturated heterocycles. The van der Waals surface area contributed by atoms with Crippen molar-refractivity contribution in [2.24, 2.45) is 11.8 Å². The zero-order valence-electron chi connectivity index (χ0n) is 13.8. The smallest absolute Gasteiger partial charge is 0.102 e. The largest absolute Gasteiger partial charge is 0.396 e. The molecule has 1 rings (SSSR count). The molecule has 122 valence electrons. The van der Waals surface area contributed by atoms with Crippen LogP contribution in [0, 0.1) is 11.8 Å². The molecule has 0 aromatic heterocycles. The molecule has 0 radical (unpaired) electrons. The molecule has 0 aromatic carbocycles. The van der Waals surface area contributed by atoms with Gasteiger partial charge in [-0.2, -0.15) is 0 Å². The predicted molar refractivity (Wildman–Crippen MR) is 87.1 cm³/mol. The summed E-state index contributed by atoms with van der Waals surface area (Å²) >= 11 is 0. The third-order valence-electron chi connectivity index (χ3n) is 4.46. The van der Waals surface area contributed by atoms with E-state index in [9.17, 15) is 10.2 Å². The summed E-state index contributed by atoms with van der Waals surface area (Å²) in [6, 6.07) is 0. The summed E-state index contributed by atoms with van der Waals surface area (Å²) in [5.74, 6) is 0.474. The van der Waals surface area contributed by atoms with Gasteiger partial charge in [0.2, 0.25) is 0 Å². The first-order chi connectivity index (χ1) is 10.1. The van der Waals surface area contributed by atoms with Gasteiger partial charge in [-0.1, -0.05) is 37.1 Å². The maximum Gasteiger partial charge on any atom is 0.102 e. The minimum atomic E-state index is -0.516. The van der Waals surface area contributed by atoms with Gasteiger partial charge in [0.1, 0.15) is 6.10 Å². The fourth-order valence-electron chi connectivity index (χ4n) is 2.95. The first kappa shape index (κ1) is 18.4. The number of allylic oxidation sites excluding steroid dienone is 2. The molecule has 0 aliphatic heterocycles. The Bertz CT molecular complexity index is 335. The van der Waals surface area contributed by atoms with Crippen molar-refractivity contribution >= 4 is 0 Å². The number of hydrogen-bond acceptors (Lipinski definition) is 3. The van der Waals surface area contributed by atoms with E-state index in [1.807, 2.05) is 13.0 Å². The lowest BCUT2D eigenvalue weighted by molar-refractivity contribution is -0.00189. The Hall–Kier alpha value is -0.640. The molecule has 3 heteroatoms. The highest BCUT2D eigenvalue weighted by Gasteiger charge is 2.21. The number of hydrogen-bond donors (Lipinski definition) is 2. The predicted octanol–water partition coefficient (Wildman–Crippen LogP) is 3.46. The number of aliphatic hydroxyl groups is 2. The lowest BCUT2D eigenvalue weighted by Crippen LogP contribution is -2.31. The number of rotatable bonds is 2. The molecule has 1 unspecified atom stereocenters. The van der Waals surface area contributed by atoms with Crippen LogP contribution in [-0.2, 0) is 4.74 Å². The van der Waals surface area contributed by atoms with Gasteiger partial charge >= 0.3 is 0 Å². The average Bonchev–Trinajstić information content (AvgIpc) is 2.48. The molecule has 0 saturated carbocycles. The highest BCUT2D eigenvalue weighted by Crippen LogP contribution is 2.22. The third-order valence-corrected chi connectivity index (χ3v) is 4.46. The Kier molecular flexibility index (Phi) is 8.90. The second kappa shape index (κ2) is 10.1. The van der Waals surface area contributed by atoms with Crippen molar-refractivity contribution in [2.75, 3.05) is 13.7 Å². The van der Waals surface area contributed by atoms with E-state index in [0.717, 1.165) is 38.5 Å². The quantitative estimate of drug-likeness (QED) is 0.767. The Balaban J connectivity index is 2.77. The van der Waals surface area contributed by atoms with Crippen molar-refractivity contribution in [1.29, 1.82) is 0 Å². The van der Waals surface area contributed by atoms with Crippen LogP contribution in [0.5, 0.6) is 0 Å². The topological polar surface area (TPSA) is 49.7 Å². The van der Waals surface area contributed by atoms with Crippen LogP contribution in [0.25, 0.3) is 0 Å². The van der Waals surface area contributed by atoms with Crippen LogP contribution in [0.4, 0.5) is 0 Å². The molecular weight excluding hydrogens is 264 g/mol. The fourth-order valence-corrected chi connectivity index (χ4v) is 2.95. The lowest BCUT2D eigenvalue weighted by atomic mass is 9.91. The molecule has 2 N–H and O–H groups in total. The first-order valence-corrected chi connectivity index (χ1v) is 8.24. The molecule has 0 aromatic rings. The first-order valence-electron chi connectivity index (χ1n) is 8.24. The van der Waals surface area contributed by atoms with Crippen LogP contribution < -0.4 is 0 Å². The van der Waals surface area contributed by atoms with Crippen LogP contribution in [0.3, 0.4) is 0 Å². The maximum atomic E-state index is 10.4. The van der Waals surface area contributed by atoms with Crippen LogP contribution in [0.1, 0.15) is 52.4 Å². The average molecular weight is 296 g/mol. The van der Waals surface area contributed by atoms with Gasteiger partial charge in [-0.05, 0) is 44.9 Å². The molecule has 4 atom stereocenters. The minimum Gasteiger partial charge on any atom is -0.396 e. The monoisotopic (exact) mass is 296 g/mol. The van der Waals surface area contributed by atoms with E-state index in [-0.39, 0.29) is 18.6 Å². The summed E-state index contributed by atoms with van der Waals surface area (Å²) in [5, 5.41) is 19.9. The zero-order valence-corrected chi connectivity index (χ0v) is 13.8. The summed E-state index contributed by atoms with van der Waals surface area (Å²) in [6.45, 7) is 4.43. The van der Waals surface area contributed by atoms with E-state index in [4.69, 9.17) is 4.74 Å². The van der Waals surface area contributed by atoms with Gasteiger partial charge in [0, 0.05) is 19.6 Å². The number of ether oxygens (including phenoxy) is 1. The normalized spacial score (nSPS) is 37.3. The van der Waals surface area contributed by atoms with Gasteiger partial charge in [0.05, 0.1) is 6.10 Å². The van der Waals surface area contributed by atoms with Gasteiger partial charge < -0.3 is 14.9 Å². The highest BCUT2D eigenvalue weighted by atomic mass is 16.5. The van der Waals surface area contributed by atoms with Gasteiger partial charge in [-0.25, -0.2) is 0 Å². The molecule has 1 aliphatic carbocycles. The van der Waals surface area contributed by atoms with Crippen molar-refractivity contribution in [1.82, 2.24) is 0 Å². The van der Waals surface area contributed by atoms with Crippen LogP contribution in [-0.4, -0.2) is 36.1 Å². The van der Waals surface area contributed by atoms with E-state index in [1.54, 1.807) is 7.11 Å². The van der Waals surface area contributed by atoms with Crippen molar-refractivity contribution in [3.05, 3.63) is 23.8 Å². The summed E-state index contributed by atoms with van der Waals surface area (Å²) in [7, 11) is 1.65. The lowest BCUT2D eigenvalue weighted by Gasteiger charge is -2.23. The molecule has 1 aliphatic rings. The zero-order chi connectivity index (χ0) is 15.7. The van der Waals surface area contributed by atoms with Gasteiger partial charge in [0.25, 0.3) is 0 Å².